The van der Waals surface area contributed by atoms with Gasteiger partial charge < -0.3 is 5.11 Å². The minimum absolute atomic E-state index is 0.0449. The highest BCUT2D eigenvalue weighted by Crippen LogP contribution is 2.25. The summed E-state index contributed by atoms with van der Waals surface area (Å²) in [4.78, 5) is 5.05. The maximum absolute atomic E-state index is 8.94. The number of imidazole rings is 1. The van der Waals surface area contributed by atoms with Gasteiger partial charge in [0.1, 0.15) is 5.01 Å². The van der Waals surface area contributed by atoms with Crippen LogP contribution in [0.2, 0.25) is 0 Å². The lowest BCUT2D eigenvalue weighted by molar-refractivity contribution is 0.277. The van der Waals surface area contributed by atoms with Crippen molar-refractivity contribution in [3.63, 3.8) is 0 Å². The summed E-state index contributed by atoms with van der Waals surface area (Å²) in [5.74, 6) is 0. The van der Waals surface area contributed by atoms with Crippen LogP contribution in [0.25, 0.3) is 15.5 Å². The van der Waals surface area contributed by atoms with Gasteiger partial charge in [0.05, 0.1) is 18.5 Å². The molecule has 3 aromatic rings. The largest absolute Gasteiger partial charge is 0.390 e. The molecule has 0 aliphatic rings. The van der Waals surface area contributed by atoms with Gasteiger partial charge in [0, 0.05) is 5.56 Å². The van der Waals surface area contributed by atoms with Crippen LogP contribution in [0.3, 0.4) is 0 Å². The van der Waals surface area contributed by atoms with Gasteiger partial charge in [-0.15, -0.1) is 0 Å². The summed E-state index contributed by atoms with van der Waals surface area (Å²) in [5, 5.41) is 14.3. The van der Waals surface area contributed by atoms with Crippen molar-refractivity contribution in [1.82, 2.24) is 14.6 Å². The number of aliphatic hydroxyl groups excluding tert-OH is 1. The second kappa shape index (κ2) is 3.70. The van der Waals surface area contributed by atoms with Gasteiger partial charge in [0.25, 0.3) is 0 Å². The molecule has 4 nitrogen and oxygen atoms in total. The zero-order valence-corrected chi connectivity index (χ0v) is 9.18. The van der Waals surface area contributed by atoms with Crippen LogP contribution < -0.4 is 0 Å². The molecule has 0 atom stereocenters. The van der Waals surface area contributed by atoms with E-state index in [9.17, 15) is 0 Å². The Kier molecular flexibility index (Phi) is 2.19. The second-order valence-electron chi connectivity index (χ2n) is 3.39. The summed E-state index contributed by atoms with van der Waals surface area (Å²) in [6, 6.07) is 9.99. The predicted octanol–water partition coefficient (Wildman–Crippen LogP) is 1.95. The Hall–Kier alpha value is -1.72. The van der Waals surface area contributed by atoms with Crippen LogP contribution in [-0.2, 0) is 6.61 Å². The maximum atomic E-state index is 8.94. The lowest BCUT2D eigenvalue weighted by Gasteiger charge is -1.92. The molecular formula is C11H9N3OS. The molecule has 0 fully saturated rings. The quantitative estimate of drug-likeness (QED) is 0.733. The number of hydrogen-bond donors (Lipinski definition) is 1. The fourth-order valence-electron chi connectivity index (χ4n) is 1.52. The third kappa shape index (κ3) is 1.50. The lowest BCUT2D eigenvalue weighted by Crippen LogP contribution is -1.83. The zero-order chi connectivity index (χ0) is 11.0. The molecule has 1 aromatic carbocycles. The molecule has 0 saturated carbocycles. The summed E-state index contributed by atoms with van der Waals surface area (Å²) in [6.45, 7) is -0.0449. The molecule has 0 saturated heterocycles. The molecule has 2 aromatic heterocycles. The zero-order valence-electron chi connectivity index (χ0n) is 8.37. The first-order valence-corrected chi connectivity index (χ1v) is 5.70. The lowest BCUT2D eigenvalue weighted by atomic mass is 10.2. The van der Waals surface area contributed by atoms with E-state index < -0.39 is 0 Å². The predicted molar refractivity (Wildman–Crippen MR) is 62.2 cm³/mol. The molecule has 0 radical (unpaired) electrons. The van der Waals surface area contributed by atoms with E-state index in [1.165, 1.54) is 11.3 Å². The Morgan fingerprint density at radius 3 is 2.75 bits per heavy atom. The number of benzene rings is 1. The Morgan fingerprint density at radius 2 is 2.06 bits per heavy atom. The molecule has 16 heavy (non-hydrogen) atoms. The van der Waals surface area contributed by atoms with Crippen LogP contribution >= 0.6 is 11.3 Å². The summed E-state index contributed by atoms with van der Waals surface area (Å²) < 4.78 is 1.71. The normalized spacial score (nSPS) is 11.1. The fraction of sp³-hybridized carbons (Fsp3) is 0.0909. The van der Waals surface area contributed by atoms with E-state index in [0.717, 1.165) is 15.5 Å². The molecular weight excluding hydrogens is 222 g/mol. The van der Waals surface area contributed by atoms with Crippen molar-refractivity contribution in [2.75, 3.05) is 0 Å². The standard InChI is InChI=1S/C11H9N3OS/c15-7-9-6-14-11(12-9)16-10(13-14)8-4-2-1-3-5-8/h1-6,15H,7H2. The molecule has 0 bridgehead atoms. The van der Waals surface area contributed by atoms with E-state index >= 15 is 0 Å². The van der Waals surface area contributed by atoms with Crippen molar-refractivity contribution in [2.24, 2.45) is 0 Å². The van der Waals surface area contributed by atoms with Crippen LogP contribution in [0.4, 0.5) is 0 Å². The highest BCUT2D eigenvalue weighted by molar-refractivity contribution is 7.19. The Bertz CT molecular complexity index is 583. The van der Waals surface area contributed by atoms with E-state index in [-0.39, 0.29) is 6.61 Å². The van der Waals surface area contributed by atoms with E-state index in [1.54, 1.807) is 10.7 Å². The second-order valence-corrected chi connectivity index (χ2v) is 4.35. The van der Waals surface area contributed by atoms with Crippen molar-refractivity contribution in [3.8, 4) is 10.6 Å². The number of rotatable bonds is 2. The number of fused-ring (bicyclic) bond motifs is 1. The molecule has 80 valence electrons. The SMILES string of the molecule is OCc1cn2nc(-c3ccccc3)sc2n1. The van der Waals surface area contributed by atoms with Gasteiger partial charge in [0.2, 0.25) is 4.96 Å². The van der Waals surface area contributed by atoms with Gasteiger partial charge in [-0.1, -0.05) is 41.7 Å². The van der Waals surface area contributed by atoms with Gasteiger partial charge in [-0.2, -0.15) is 5.10 Å². The number of aromatic nitrogens is 3. The Morgan fingerprint density at radius 1 is 1.25 bits per heavy atom. The first kappa shape index (κ1) is 9.50. The highest BCUT2D eigenvalue weighted by atomic mass is 32.1. The first-order chi connectivity index (χ1) is 7.86. The van der Waals surface area contributed by atoms with Gasteiger partial charge in [-0.05, 0) is 0 Å². The Labute approximate surface area is 95.8 Å². The fourth-order valence-corrected chi connectivity index (χ4v) is 2.42. The van der Waals surface area contributed by atoms with Crippen LogP contribution in [0.1, 0.15) is 5.69 Å². The van der Waals surface area contributed by atoms with Crippen molar-refractivity contribution >= 4 is 16.3 Å². The van der Waals surface area contributed by atoms with Crippen LogP contribution in [0.5, 0.6) is 0 Å². The van der Waals surface area contributed by atoms with Gasteiger partial charge in [-0.3, -0.25) is 0 Å². The number of nitrogens with zero attached hydrogens (tertiary/aromatic N) is 3. The van der Waals surface area contributed by atoms with E-state index in [2.05, 4.69) is 10.1 Å². The maximum Gasteiger partial charge on any atom is 0.212 e. The minimum Gasteiger partial charge on any atom is -0.390 e. The average molecular weight is 231 g/mol. The summed E-state index contributed by atoms with van der Waals surface area (Å²) in [6.07, 6.45) is 1.75. The smallest absolute Gasteiger partial charge is 0.212 e. The van der Waals surface area contributed by atoms with Crippen molar-refractivity contribution in [2.45, 2.75) is 6.61 Å². The molecule has 0 aliphatic carbocycles. The van der Waals surface area contributed by atoms with Crippen LogP contribution in [-0.4, -0.2) is 19.7 Å². The third-order valence-corrected chi connectivity index (χ3v) is 3.25. The number of aliphatic hydroxyl groups is 1. The van der Waals surface area contributed by atoms with E-state index in [1.807, 2.05) is 30.3 Å². The van der Waals surface area contributed by atoms with Gasteiger partial charge in [0.15, 0.2) is 0 Å². The molecule has 0 amide bonds. The third-order valence-electron chi connectivity index (χ3n) is 2.28. The molecule has 1 N–H and O–H groups in total. The topological polar surface area (TPSA) is 50.4 Å². The minimum atomic E-state index is -0.0449. The monoisotopic (exact) mass is 231 g/mol. The molecule has 0 unspecified atom stereocenters. The molecule has 3 rings (SSSR count). The van der Waals surface area contributed by atoms with E-state index in [4.69, 9.17) is 5.11 Å². The average Bonchev–Trinajstić information content (AvgIpc) is 2.87. The summed E-state index contributed by atoms with van der Waals surface area (Å²) >= 11 is 1.52. The van der Waals surface area contributed by atoms with Crippen molar-refractivity contribution < 1.29 is 5.11 Å². The molecule has 5 heteroatoms. The number of hydrogen-bond acceptors (Lipinski definition) is 4. The van der Waals surface area contributed by atoms with Gasteiger partial charge >= 0.3 is 0 Å². The highest BCUT2D eigenvalue weighted by Gasteiger charge is 2.08. The summed E-state index contributed by atoms with van der Waals surface area (Å²) in [5.41, 5.74) is 1.74. The van der Waals surface area contributed by atoms with Crippen molar-refractivity contribution in [3.05, 3.63) is 42.2 Å². The first-order valence-electron chi connectivity index (χ1n) is 4.88. The van der Waals surface area contributed by atoms with Crippen LogP contribution in [0, 0.1) is 0 Å². The molecule has 0 spiro atoms. The van der Waals surface area contributed by atoms with Gasteiger partial charge in [-0.25, -0.2) is 9.50 Å². The molecule has 2 heterocycles. The molecule has 0 aliphatic heterocycles. The van der Waals surface area contributed by atoms with Crippen LogP contribution in [0.15, 0.2) is 36.5 Å². The Balaban J connectivity index is 2.10. The van der Waals surface area contributed by atoms with E-state index in [0.29, 0.717) is 5.69 Å². The van der Waals surface area contributed by atoms with Crippen molar-refractivity contribution in [1.29, 1.82) is 0 Å². The summed E-state index contributed by atoms with van der Waals surface area (Å²) in [7, 11) is 0.